The Kier molecular flexibility index (Phi) is 4.10. The minimum absolute atomic E-state index is 0.640. The third-order valence-electron chi connectivity index (χ3n) is 2.71. The van der Waals surface area contributed by atoms with Crippen molar-refractivity contribution in [2.45, 2.75) is 19.9 Å². The van der Waals surface area contributed by atoms with E-state index < -0.39 is 0 Å². The predicted octanol–water partition coefficient (Wildman–Crippen LogP) is 2.90. The van der Waals surface area contributed by atoms with Crippen LogP contribution in [0.3, 0.4) is 0 Å². The monoisotopic (exact) mass is 265 g/mol. The largest absolute Gasteiger partial charge is 0.494 e. The second-order valence-electron chi connectivity index (χ2n) is 4.07. The minimum Gasteiger partial charge on any atom is -0.494 e. The highest BCUT2D eigenvalue weighted by molar-refractivity contribution is 6.31. The lowest BCUT2D eigenvalue weighted by Gasteiger charge is -2.07. The summed E-state index contributed by atoms with van der Waals surface area (Å²) in [6.07, 6.45) is 2.54. The Morgan fingerprint density at radius 2 is 2.06 bits per heavy atom. The fraction of sp³-hybridized carbons (Fsp3) is 0.308. The summed E-state index contributed by atoms with van der Waals surface area (Å²) in [6, 6.07) is 7.39. The highest BCUT2D eigenvalue weighted by Gasteiger charge is 2.03. The van der Waals surface area contributed by atoms with Crippen LogP contribution in [0.1, 0.15) is 12.1 Å². The average Bonchev–Trinajstić information content (AvgIpc) is 2.68. The van der Waals surface area contributed by atoms with Crippen LogP contribution in [0.15, 0.2) is 30.5 Å². The zero-order chi connectivity index (χ0) is 13.0. The van der Waals surface area contributed by atoms with Gasteiger partial charge in [0.2, 0.25) is 0 Å². The molecule has 1 aromatic carbocycles. The van der Waals surface area contributed by atoms with E-state index in [-0.39, 0.29) is 0 Å². The van der Waals surface area contributed by atoms with Crippen LogP contribution < -0.4 is 10.5 Å². The standard InChI is InChI=1S/C13H16ClN3O/c1-10-13(14)9-16-17(10)7-2-8-18-12-5-3-11(15)4-6-12/h3-6,9H,2,7-8,15H2,1H3. The number of nitrogens with zero attached hydrogens (tertiary/aromatic N) is 2. The smallest absolute Gasteiger partial charge is 0.119 e. The van der Waals surface area contributed by atoms with Crippen molar-refractivity contribution in [1.29, 1.82) is 0 Å². The molecule has 0 radical (unpaired) electrons. The Hall–Kier alpha value is -1.68. The van der Waals surface area contributed by atoms with Crippen molar-refractivity contribution in [3.05, 3.63) is 41.2 Å². The van der Waals surface area contributed by atoms with Crippen LogP contribution in [0, 0.1) is 6.92 Å². The van der Waals surface area contributed by atoms with Crippen molar-refractivity contribution >= 4 is 17.3 Å². The van der Waals surface area contributed by atoms with Crippen molar-refractivity contribution in [2.24, 2.45) is 0 Å². The molecule has 96 valence electrons. The van der Waals surface area contributed by atoms with Gasteiger partial charge in [0.05, 0.1) is 23.5 Å². The van der Waals surface area contributed by atoms with Crippen molar-refractivity contribution < 1.29 is 4.74 Å². The van der Waals surface area contributed by atoms with Gasteiger partial charge in [-0.25, -0.2) is 0 Å². The summed E-state index contributed by atoms with van der Waals surface area (Å²) in [5, 5.41) is 4.89. The van der Waals surface area contributed by atoms with E-state index in [1.165, 1.54) is 0 Å². The summed E-state index contributed by atoms with van der Waals surface area (Å²) in [7, 11) is 0. The molecule has 0 bridgehead atoms. The van der Waals surface area contributed by atoms with Crippen LogP contribution >= 0.6 is 11.6 Å². The van der Waals surface area contributed by atoms with Gasteiger partial charge in [0.25, 0.3) is 0 Å². The van der Waals surface area contributed by atoms with Gasteiger partial charge in [-0.05, 0) is 31.2 Å². The molecule has 0 saturated carbocycles. The lowest BCUT2D eigenvalue weighted by atomic mass is 10.3. The second-order valence-corrected chi connectivity index (χ2v) is 4.48. The van der Waals surface area contributed by atoms with E-state index in [0.717, 1.165) is 30.1 Å². The Balaban J connectivity index is 1.76. The topological polar surface area (TPSA) is 53.1 Å². The maximum atomic E-state index is 5.93. The van der Waals surface area contributed by atoms with Gasteiger partial charge in [-0.15, -0.1) is 0 Å². The van der Waals surface area contributed by atoms with Crippen LogP contribution in [0.4, 0.5) is 5.69 Å². The number of aryl methyl sites for hydroxylation is 1. The molecule has 1 aromatic heterocycles. The molecule has 0 amide bonds. The Morgan fingerprint density at radius 3 is 2.67 bits per heavy atom. The van der Waals surface area contributed by atoms with Crippen LogP contribution in [0.5, 0.6) is 5.75 Å². The van der Waals surface area contributed by atoms with Crippen LogP contribution in [-0.4, -0.2) is 16.4 Å². The number of aromatic nitrogens is 2. The fourth-order valence-electron chi connectivity index (χ4n) is 1.62. The number of anilines is 1. The van der Waals surface area contributed by atoms with Gasteiger partial charge < -0.3 is 10.5 Å². The molecule has 2 rings (SSSR count). The van der Waals surface area contributed by atoms with Crippen molar-refractivity contribution in [1.82, 2.24) is 9.78 Å². The van der Waals surface area contributed by atoms with E-state index >= 15 is 0 Å². The molecular weight excluding hydrogens is 250 g/mol. The second kappa shape index (κ2) is 5.78. The number of hydrogen-bond donors (Lipinski definition) is 1. The first kappa shape index (κ1) is 12.8. The third-order valence-corrected chi connectivity index (χ3v) is 3.08. The molecule has 0 unspecified atom stereocenters. The summed E-state index contributed by atoms with van der Waals surface area (Å²) in [4.78, 5) is 0. The molecule has 2 aromatic rings. The quantitative estimate of drug-likeness (QED) is 0.668. The predicted molar refractivity (Wildman–Crippen MR) is 72.9 cm³/mol. The van der Waals surface area contributed by atoms with Gasteiger partial charge in [-0.1, -0.05) is 11.6 Å². The zero-order valence-electron chi connectivity index (χ0n) is 10.3. The number of benzene rings is 1. The van der Waals surface area contributed by atoms with Gasteiger partial charge >= 0.3 is 0 Å². The maximum absolute atomic E-state index is 5.93. The number of ether oxygens (including phenoxy) is 1. The van der Waals surface area contributed by atoms with Gasteiger partial charge in [0.1, 0.15) is 5.75 Å². The SMILES string of the molecule is Cc1c(Cl)cnn1CCCOc1ccc(N)cc1. The van der Waals surface area contributed by atoms with E-state index in [0.29, 0.717) is 11.6 Å². The van der Waals surface area contributed by atoms with E-state index in [4.69, 9.17) is 22.1 Å². The summed E-state index contributed by atoms with van der Waals surface area (Å²) in [6.45, 7) is 3.39. The first-order chi connectivity index (χ1) is 8.66. The van der Waals surface area contributed by atoms with Gasteiger partial charge in [0.15, 0.2) is 0 Å². The Labute approximate surface area is 111 Å². The summed E-state index contributed by atoms with van der Waals surface area (Å²) < 4.78 is 7.48. The van der Waals surface area contributed by atoms with E-state index in [1.807, 2.05) is 35.9 Å². The third kappa shape index (κ3) is 3.17. The molecule has 4 nitrogen and oxygen atoms in total. The van der Waals surface area contributed by atoms with Crippen molar-refractivity contribution in [3.63, 3.8) is 0 Å². The summed E-state index contributed by atoms with van der Waals surface area (Å²) in [5.41, 5.74) is 7.33. The number of rotatable bonds is 5. The summed E-state index contributed by atoms with van der Waals surface area (Å²) >= 11 is 5.93. The molecule has 0 atom stereocenters. The fourth-order valence-corrected chi connectivity index (χ4v) is 1.76. The first-order valence-corrected chi connectivity index (χ1v) is 6.21. The highest BCUT2D eigenvalue weighted by atomic mass is 35.5. The molecular formula is C13H16ClN3O. The molecule has 18 heavy (non-hydrogen) atoms. The van der Waals surface area contributed by atoms with Crippen LogP contribution in [-0.2, 0) is 6.54 Å². The number of halogens is 1. The molecule has 0 aliphatic heterocycles. The Bertz CT molecular complexity index is 507. The van der Waals surface area contributed by atoms with Gasteiger partial charge in [-0.2, -0.15) is 5.10 Å². The van der Waals surface area contributed by atoms with E-state index in [1.54, 1.807) is 6.20 Å². The lowest BCUT2D eigenvalue weighted by molar-refractivity contribution is 0.298. The normalized spacial score (nSPS) is 10.6. The number of nitrogen functional groups attached to an aromatic ring is 1. The molecule has 0 fully saturated rings. The highest BCUT2D eigenvalue weighted by Crippen LogP contribution is 2.15. The van der Waals surface area contributed by atoms with E-state index in [9.17, 15) is 0 Å². The van der Waals surface area contributed by atoms with Crippen LogP contribution in [0.25, 0.3) is 0 Å². The number of hydrogen-bond acceptors (Lipinski definition) is 3. The molecule has 0 spiro atoms. The number of nitrogens with two attached hydrogens (primary N) is 1. The molecule has 2 N–H and O–H groups in total. The van der Waals surface area contributed by atoms with Crippen molar-refractivity contribution in [3.8, 4) is 5.75 Å². The molecule has 1 heterocycles. The van der Waals surface area contributed by atoms with E-state index in [2.05, 4.69) is 5.10 Å². The average molecular weight is 266 g/mol. The minimum atomic E-state index is 0.640. The van der Waals surface area contributed by atoms with Gasteiger partial charge in [0, 0.05) is 18.7 Å². The molecule has 0 aliphatic rings. The zero-order valence-corrected chi connectivity index (χ0v) is 11.0. The lowest BCUT2D eigenvalue weighted by Crippen LogP contribution is -2.07. The molecule has 5 heteroatoms. The first-order valence-electron chi connectivity index (χ1n) is 5.83. The molecule has 0 aliphatic carbocycles. The Morgan fingerprint density at radius 1 is 1.33 bits per heavy atom. The molecule has 0 saturated heterocycles. The van der Waals surface area contributed by atoms with Gasteiger partial charge in [-0.3, -0.25) is 4.68 Å². The summed E-state index contributed by atoms with van der Waals surface area (Å²) in [5.74, 6) is 0.833. The van der Waals surface area contributed by atoms with Crippen molar-refractivity contribution in [2.75, 3.05) is 12.3 Å². The van der Waals surface area contributed by atoms with Crippen LogP contribution in [0.2, 0.25) is 5.02 Å². The maximum Gasteiger partial charge on any atom is 0.119 e.